The summed E-state index contributed by atoms with van der Waals surface area (Å²) in [7, 11) is 0. The Morgan fingerprint density at radius 3 is 2.49 bits per heavy atom. The summed E-state index contributed by atoms with van der Waals surface area (Å²) in [5.74, 6) is -0.518. The van der Waals surface area contributed by atoms with Crippen molar-refractivity contribution >= 4 is 27.6 Å². The van der Waals surface area contributed by atoms with Crippen molar-refractivity contribution in [3.8, 4) is 16.9 Å². The van der Waals surface area contributed by atoms with Crippen molar-refractivity contribution in [2.45, 2.75) is 73.1 Å². The van der Waals surface area contributed by atoms with Gasteiger partial charge in [0, 0.05) is 60.4 Å². The molecule has 3 aromatic carbocycles. The van der Waals surface area contributed by atoms with Crippen LogP contribution in [0.1, 0.15) is 66.1 Å². The Balaban J connectivity index is 0.000000902. The van der Waals surface area contributed by atoms with E-state index in [1.165, 1.54) is 12.1 Å². The molecule has 0 aliphatic carbocycles. The van der Waals surface area contributed by atoms with E-state index < -0.39 is 5.97 Å². The molecule has 1 fully saturated rings. The summed E-state index contributed by atoms with van der Waals surface area (Å²) in [6.45, 7) is 17.6. The smallest absolute Gasteiger partial charge is 0.352 e. The minimum absolute atomic E-state index is 0.284. The predicted octanol–water partition coefficient (Wildman–Crippen LogP) is 7.38. The molecule has 0 spiro atoms. The highest BCUT2D eigenvalue weighted by Crippen LogP contribution is 2.41. The van der Waals surface area contributed by atoms with Crippen molar-refractivity contribution in [2.24, 2.45) is 0 Å². The third kappa shape index (κ3) is 8.75. The summed E-state index contributed by atoms with van der Waals surface area (Å²) in [6.07, 6.45) is 2.79. The number of carboxylic acid groups (broad SMARTS) is 1. The molecule has 0 bridgehead atoms. The molecular formula is C42H54FN5O5. The summed E-state index contributed by atoms with van der Waals surface area (Å²) in [4.78, 5) is 15.5. The Bertz CT molecular complexity index is 2010. The molecule has 2 aliphatic rings. The number of carbonyl (C=O) groups is 1. The van der Waals surface area contributed by atoms with Crippen molar-refractivity contribution in [3.63, 3.8) is 0 Å². The molecule has 1 saturated heterocycles. The van der Waals surface area contributed by atoms with E-state index in [1.54, 1.807) is 6.07 Å². The van der Waals surface area contributed by atoms with Crippen molar-refractivity contribution in [2.75, 3.05) is 59.2 Å². The summed E-state index contributed by atoms with van der Waals surface area (Å²) in [5, 5.41) is 21.5. The number of rotatable bonds is 11. The third-order valence-corrected chi connectivity index (χ3v) is 10.3. The normalized spacial score (nSPS) is 15.1. The molecule has 2 aromatic heterocycles. The van der Waals surface area contributed by atoms with Crippen molar-refractivity contribution in [3.05, 3.63) is 82.6 Å². The molecule has 2 N–H and O–H groups in total. The van der Waals surface area contributed by atoms with Crippen LogP contribution < -0.4 is 10.1 Å². The summed E-state index contributed by atoms with van der Waals surface area (Å²) in [6, 6.07) is 14.5. The molecule has 284 valence electrons. The van der Waals surface area contributed by atoms with Crippen LogP contribution in [0.2, 0.25) is 0 Å². The number of hydrogen-bond donors (Lipinski definition) is 2. The molecular weight excluding hydrogens is 673 g/mol. The van der Waals surface area contributed by atoms with Gasteiger partial charge in [-0.15, -0.1) is 0 Å². The standard InChI is InChI=1S/C38H43FN4O5.C4H11N/c1-25-10-12-31-30(8-6-20-48-33-9-5-7-27-23-28(39)11-13-29(27)33)37(38(44)45)42-14-3-4-19-47-24-32-35(34(25)36(31)42)26(2)43(40-32)16-15-41-17-21-46-22-18-41;1-3-5-4-2/h5,7,9-13,23H,3-4,6,8,14-22,24H2,1-2H3,(H,44,45);5H,3-4H2,1-2H3. The lowest BCUT2D eigenvalue weighted by atomic mass is 9.94. The number of ether oxygens (including phenoxy) is 3. The monoisotopic (exact) mass is 727 g/mol. The van der Waals surface area contributed by atoms with Crippen LogP contribution in [0, 0.1) is 19.7 Å². The maximum Gasteiger partial charge on any atom is 0.352 e. The van der Waals surface area contributed by atoms with Crippen LogP contribution in [0.4, 0.5) is 4.39 Å². The maximum atomic E-state index is 13.8. The number of nitrogens with one attached hydrogen (secondary N) is 1. The molecule has 0 amide bonds. The van der Waals surface area contributed by atoms with E-state index in [1.807, 2.05) is 22.8 Å². The lowest BCUT2D eigenvalue weighted by Gasteiger charge is -2.26. The first-order valence-electron chi connectivity index (χ1n) is 19.2. The van der Waals surface area contributed by atoms with Gasteiger partial charge in [-0.3, -0.25) is 9.58 Å². The van der Waals surface area contributed by atoms with E-state index in [0.29, 0.717) is 50.7 Å². The number of halogens is 1. The number of morpholine rings is 1. The van der Waals surface area contributed by atoms with Crippen molar-refractivity contribution in [1.82, 2.24) is 24.6 Å². The van der Waals surface area contributed by atoms with Gasteiger partial charge in [0.25, 0.3) is 0 Å². The second-order valence-corrected chi connectivity index (χ2v) is 13.8. The first-order valence-corrected chi connectivity index (χ1v) is 19.2. The second kappa shape index (κ2) is 18.2. The molecule has 10 nitrogen and oxygen atoms in total. The highest BCUT2D eigenvalue weighted by molar-refractivity contribution is 6.05. The number of aromatic carboxylic acids is 1. The first-order chi connectivity index (χ1) is 25.8. The number of aromatic nitrogens is 3. The molecule has 53 heavy (non-hydrogen) atoms. The lowest BCUT2D eigenvalue weighted by Crippen LogP contribution is -2.38. The van der Waals surface area contributed by atoms with E-state index in [0.717, 1.165) is 121 Å². The van der Waals surface area contributed by atoms with Crippen LogP contribution in [0.3, 0.4) is 0 Å². The van der Waals surface area contributed by atoms with E-state index >= 15 is 0 Å². The largest absolute Gasteiger partial charge is 0.493 e. The van der Waals surface area contributed by atoms with Gasteiger partial charge in [0.1, 0.15) is 17.3 Å². The van der Waals surface area contributed by atoms with Crippen molar-refractivity contribution < 1.29 is 28.5 Å². The quantitative estimate of drug-likeness (QED) is 0.136. The molecule has 0 atom stereocenters. The van der Waals surface area contributed by atoms with Crippen LogP contribution in [-0.2, 0) is 35.6 Å². The Morgan fingerprint density at radius 2 is 1.74 bits per heavy atom. The van der Waals surface area contributed by atoms with E-state index in [4.69, 9.17) is 19.3 Å². The molecule has 2 aliphatic heterocycles. The molecule has 0 radical (unpaired) electrons. The lowest BCUT2D eigenvalue weighted by molar-refractivity contribution is 0.0358. The van der Waals surface area contributed by atoms with Gasteiger partial charge in [-0.2, -0.15) is 5.10 Å². The average molecular weight is 728 g/mol. The number of hydrogen-bond acceptors (Lipinski definition) is 7. The van der Waals surface area contributed by atoms with E-state index in [2.05, 4.69) is 54.7 Å². The molecule has 0 saturated carbocycles. The second-order valence-electron chi connectivity index (χ2n) is 13.8. The van der Waals surface area contributed by atoms with Crippen LogP contribution in [0.25, 0.3) is 32.8 Å². The average Bonchev–Trinajstić information content (AvgIpc) is 3.63. The number of aryl methyl sites for hydroxylation is 3. The topological polar surface area (TPSA) is 103 Å². The van der Waals surface area contributed by atoms with Gasteiger partial charge in [-0.25, -0.2) is 9.18 Å². The summed E-state index contributed by atoms with van der Waals surface area (Å²) in [5.41, 5.74) is 7.24. The van der Waals surface area contributed by atoms with Gasteiger partial charge in [0.15, 0.2) is 0 Å². The Kier molecular flexibility index (Phi) is 13.2. The number of fused-ring (bicyclic) bond motifs is 3. The fourth-order valence-electron chi connectivity index (χ4n) is 7.64. The zero-order valence-electron chi connectivity index (χ0n) is 31.7. The number of nitrogens with zero attached hydrogens (tertiary/aromatic N) is 4. The minimum Gasteiger partial charge on any atom is -0.493 e. The van der Waals surface area contributed by atoms with Gasteiger partial charge in [0.05, 0.1) is 44.2 Å². The first kappa shape index (κ1) is 38.4. The van der Waals surface area contributed by atoms with Gasteiger partial charge >= 0.3 is 5.97 Å². The Hall–Kier alpha value is -4.29. The summed E-state index contributed by atoms with van der Waals surface area (Å²) >= 11 is 0. The molecule has 5 aromatic rings. The number of carboxylic acids is 1. The Morgan fingerprint density at radius 1 is 0.943 bits per heavy atom. The van der Waals surface area contributed by atoms with Crippen LogP contribution >= 0.6 is 0 Å². The van der Waals surface area contributed by atoms with E-state index in [9.17, 15) is 14.3 Å². The number of benzene rings is 3. The predicted molar refractivity (Wildman–Crippen MR) is 208 cm³/mol. The van der Waals surface area contributed by atoms with Crippen molar-refractivity contribution in [1.29, 1.82) is 0 Å². The SMILES string of the molecule is CCNCC.Cc1ccc2c(CCCOc3cccc4cc(F)ccc34)c(C(=O)O)n3c2c1-c1c(nn(CCN2CCOCC2)c1C)COCCCC3. The third-order valence-electron chi connectivity index (χ3n) is 10.3. The fourth-order valence-corrected chi connectivity index (χ4v) is 7.64. The Labute approximate surface area is 311 Å². The van der Waals surface area contributed by atoms with Crippen LogP contribution in [-0.4, -0.2) is 89.5 Å². The van der Waals surface area contributed by atoms with Gasteiger partial charge < -0.3 is 29.2 Å². The van der Waals surface area contributed by atoms with Crippen LogP contribution in [0.5, 0.6) is 5.75 Å². The van der Waals surface area contributed by atoms with Crippen LogP contribution in [0.15, 0.2) is 48.5 Å². The van der Waals surface area contributed by atoms with Gasteiger partial charge in [-0.05, 0) is 93.4 Å². The molecule has 4 heterocycles. The highest BCUT2D eigenvalue weighted by Gasteiger charge is 2.28. The summed E-state index contributed by atoms with van der Waals surface area (Å²) < 4.78 is 35.8. The zero-order chi connectivity index (χ0) is 37.3. The van der Waals surface area contributed by atoms with E-state index in [-0.39, 0.29) is 5.82 Å². The van der Waals surface area contributed by atoms with Gasteiger partial charge in [-0.1, -0.05) is 38.1 Å². The van der Waals surface area contributed by atoms with Gasteiger partial charge in [0.2, 0.25) is 0 Å². The molecule has 0 unspecified atom stereocenters. The fraction of sp³-hybridized carbons (Fsp3) is 0.476. The molecule has 11 heteroatoms. The maximum absolute atomic E-state index is 13.8. The zero-order valence-corrected chi connectivity index (χ0v) is 31.7. The minimum atomic E-state index is -0.925. The molecule has 7 rings (SSSR count). The highest BCUT2D eigenvalue weighted by atomic mass is 19.1.